The summed E-state index contributed by atoms with van der Waals surface area (Å²) >= 11 is 0. The Morgan fingerprint density at radius 3 is 2.35 bits per heavy atom. The molecule has 2 amide bonds. The van der Waals surface area contributed by atoms with Crippen LogP contribution in [0.5, 0.6) is 5.75 Å². The molecule has 14 heteroatoms. The molecule has 0 spiro atoms. The van der Waals surface area contributed by atoms with Crippen LogP contribution in [0, 0.1) is 6.92 Å². The molecule has 2 atom stereocenters. The summed E-state index contributed by atoms with van der Waals surface area (Å²) in [5.41, 5.74) is 6.20. The van der Waals surface area contributed by atoms with Gasteiger partial charge in [-0.15, -0.1) is 0 Å². The number of amides is 2. The van der Waals surface area contributed by atoms with Crippen LogP contribution in [0.4, 0.5) is 29.3 Å². The van der Waals surface area contributed by atoms with Gasteiger partial charge in [-0.1, -0.05) is 49.4 Å². The van der Waals surface area contributed by atoms with E-state index in [-0.39, 0.29) is 36.3 Å². The SMILES string of the molecule is Cc1cc2ccc1[C@@H](C)COC(=O)Nc1ccc(-c3ccc(O)cc3)c(c1)CN(C)C(=O)[C@@H]2Nc1ccc2cc[nH]c(=O)c2c1.O=C(O)C(F)(F)F. The van der Waals surface area contributed by atoms with Gasteiger partial charge in [0.15, 0.2) is 0 Å². The number of aryl methyl sites for hydroxylation is 1. The average Bonchev–Trinajstić information content (AvgIpc) is 3.09. The number of ether oxygens (including phenoxy) is 1. The van der Waals surface area contributed by atoms with Gasteiger partial charge in [0, 0.05) is 42.5 Å². The number of likely N-dealkylation sites (N-methyl/N-ethyl adjacent to an activating group) is 1. The predicted molar refractivity (Wildman–Crippen MR) is 189 cm³/mol. The van der Waals surface area contributed by atoms with Crippen LogP contribution in [0.25, 0.3) is 21.9 Å². The second kappa shape index (κ2) is 15.3. The van der Waals surface area contributed by atoms with Gasteiger partial charge in [-0.05, 0) is 88.2 Å². The molecule has 4 bridgehead atoms. The van der Waals surface area contributed by atoms with E-state index in [1.165, 1.54) is 0 Å². The first-order chi connectivity index (χ1) is 24.6. The number of carboxylic acid groups (broad SMARTS) is 1. The molecule has 2 aliphatic rings. The number of rotatable bonds is 3. The van der Waals surface area contributed by atoms with Crippen molar-refractivity contribution in [1.82, 2.24) is 9.88 Å². The Hall–Kier alpha value is -6.31. The number of hydrogen-bond donors (Lipinski definition) is 5. The first-order valence-electron chi connectivity index (χ1n) is 16.0. The van der Waals surface area contributed by atoms with Crippen LogP contribution in [0.2, 0.25) is 0 Å². The molecule has 4 aromatic carbocycles. The number of H-pyrrole nitrogens is 1. The van der Waals surface area contributed by atoms with Crippen molar-refractivity contribution < 1.29 is 42.5 Å². The molecule has 11 nitrogen and oxygen atoms in total. The molecule has 0 fully saturated rings. The maximum absolute atomic E-state index is 14.4. The zero-order valence-electron chi connectivity index (χ0n) is 28.2. The van der Waals surface area contributed by atoms with Crippen molar-refractivity contribution in [2.45, 2.75) is 38.5 Å². The molecular weight excluding hydrogens is 681 g/mol. The average molecular weight is 717 g/mol. The minimum absolute atomic E-state index is 0.0814. The van der Waals surface area contributed by atoms with Crippen LogP contribution in [0.15, 0.2) is 95.9 Å². The normalized spacial score (nSPS) is 16.4. The lowest BCUT2D eigenvalue weighted by Crippen LogP contribution is -2.35. The predicted octanol–water partition coefficient (Wildman–Crippen LogP) is 7.32. The number of carbonyl (C=O) groups is 3. The van der Waals surface area contributed by atoms with E-state index >= 15 is 0 Å². The number of aliphatic carboxylic acids is 1. The van der Waals surface area contributed by atoms with Gasteiger partial charge in [0.05, 0.1) is 6.61 Å². The second-order valence-corrected chi connectivity index (χ2v) is 12.3. The highest BCUT2D eigenvalue weighted by molar-refractivity contribution is 5.89. The maximum atomic E-state index is 14.4. The van der Waals surface area contributed by atoms with Crippen LogP contribution in [-0.4, -0.2) is 57.9 Å². The molecule has 0 aliphatic carbocycles. The minimum Gasteiger partial charge on any atom is -0.508 e. The van der Waals surface area contributed by atoms with Crippen molar-refractivity contribution in [3.05, 3.63) is 124 Å². The number of anilines is 2. The van der Waals surface area contributed by atoms with Crippen LogP contribution in [-0.2, 0) is 20.9 Å². The van der Waals surface area contributed by atoms with Crippen molar-refractivity contribution in [3.63, 3.8) is 0 Å². The number of carboxylic acids is 1. The Morgan fingerprint density at radius 1 is 0.962 bits per heavy atom. The molecule has 270 valence electrons. The quantitative estimate of drug-likeness (QED) is 0.130. The number of benzene rings is 4. The van der Waals surface area contributed by atoms with Crippen molar-refractivity contribution in [3.8, 4) is 16.9 Å². The van der Waals surface area contributed by atoms with Crippen LogP contribution in [0.1, 0.15) is 41.1 Å². The molecule has 3 heterocycles. The molecule has 1 aromatic heterocycles. The number of nitrogens with zero attached hydrogens (tertiary/aromatic N) is 1. The third-order valence-electron chi connectivity index (χ3n) is 8.51. The molecule has 5 aromatic rings. The molecule has 52 heavy (non-hydrogen) atoms. The summed E-state index contributed by atoms with van der Waals surface area (Å²) in [5.74, 6) is -2.87. The zero-order chi connectivity index (χ0) is 37.7. The van der Waals surface area contributed by atoms with E-state index in [1.807, 2.05) is 62.4 Å². The third kappa shape index (κ3) is 8.70. The van der Waals surface area contributed by atoms with Crippen molar-refractivity contribution in [2.24, 2.45) is 0 Å². The summed E-state index contributed by atoms with van der Waals surface area (Å²) in [6.45, 7) is 4.38. The number of phenols is 1. The number of carbonyl (C=O) groups excluding carboxylic acids is 2. The van der Waals surface area contributed by atoms with Gasteiger partial charge < -0.3 is 30.2 Å². The highest BCUT2D eigenvalue weighted by atomic mass is 19.4. The fourth-order valence-corrected chi connectivity index (χ4v) is 5.88. The van der Waals surface area contributed by atoms with Gasteiger partial charge in [-0.2, -0.15) is 13.2 Å². The van der Waals surface area contributed by atoms with Crippen LogP contribution < -0.4 is 16.2 Å². The number of nitrogens with one attached hydrogen (secondary N) is 3. The molecule has 7 rings (SSSR count). The number of hydrogen-bond acceptors (Lipinski definition) is 7. The number of phenolic OH excluding ortho intramolecular Hbond substituents is 1. The Morgan fingerprint density at radius 2 is 1.67 bits per heavy atom. The smallest absolute Gasteiger partial charge is 0.490 e. The van der Waals surface area contributed by atoms with Crippen LogP contribution >= 0.6 is 0 Å². The minimum atomic E-state index is -5.08. The van der Waals surface area contributed by atoms with Crippen molar-refractivity contribution >= 4 is 40.1 Å². The van der Waals surface area contributed by atoms with E-state index in [4.69, 9.17) is 14.6 Å². The largest absolute Gasteiger partial charge is 0.508 e. The van der Waals surface area contributed by atoms with Gasteiger partial charge in [-0.25, -0.2) is 9.59 Å². The highest BCUT2D eigenvalue weighted by Gasteiger charge is 2.38. The molecule has 0 saturated carbocycles. The summed E-state index contributed by atoms with van der Waals surface area (Å²) in [4.78, 5) is 52.9. The molecule has 0 unspecified atom stereocenters. The van der Waals surface area contributed by atoms with Gasteiger partial charge in [-0.3, -0.25) is 14.9 Å². The number of aromatic nitrogens is 1. The number of halogens is 3. The number of pyridine rings is 1. The van der Waals surface area contributed by atoms with Gasteiger partial charge in [0.1, 0.15) is 11.8 Å². The summed E-state index contributed by atoms with van der Waals surface area (Å²) in [5, 5.41) is 24.5. The van der Waals surface area contributed by atoms with Gasteiger partial charge in [0.25, 0.3) is 5.56 Å². The summed E-state index contributed by atoms with van der Waals surface area (Å²) < 4.78 is 37.3. The Kier molecular flexibility index (Phi) is 10.9. The fraction of sp³-hybridized carbons (Fsp3) is 0.211. The summed E-state index contributed by atoms with van der Waals surface area (Å²) in [6, 6.07) is 24.8. The Balaban J connectivity index is 0.000000679. The fourth-order valence-electron chi connectivity index (χ4n) is 5.88. The first-order valence-corrected chi connectivity index (χ1v) is 16.0. The van der Waals surface area contributed by atoms with E-state index in [0.29, 0.717) is 16.8 Å². The molecular formula is C38H35F3N4O7. The summed E-state index contributed by atoms with van der Waals surface area (Å²) in [7, 11) is 1.74. The van der Waals surface area contributed by atoms with Crippen molar-refractivity contribution in [1.29, 1.82) is 0 Å². The lowest BCUT2D eigenvalue weighted by Gasteiger charge is -2.28. The number of aromatic amines is 1. The van der Waals surface area contributed by atoms with E-state index in [9.17, 15) is 32.7 Å². The maximum Gasteiger partial charge on any atom is 0.490 e. The first kappa shape index (κ1) is 37.0. The molecule has 0 saturated heterocycles. The zero-order valence-corrected chi connectivity index (χ0v) is 28.2. The third-order valence-corrected chi connectivity index (χ3v) is 8.51. The van der Waals surface area contributed by atoms with E-state index in [0.717, 1.165) is 38.8 Å². The lowest BCUT2D eigenvalue weighted by molar-refractivity contribution is -0.192. The topological polar surface area (TPSA) is 161 Å². The number of alkyl halides is 3. The van der Waals surface area contributed by atoms with E-state index in [1.54, 1.807) is 54.5 Å². The van der Waals surface area contributed by atoms with E-state index < -0.39 is 24.3 Å². The molecule has 5 N–H and O–H groups in total. The number of fused-ring (bicyclic) bond motifs is 10. The standard InChI is InChI=1S/C36H34N4O5.C2HF3O2/c1-21-16-25-7-12-30(21)22(2)20-45-36(44)39-27-9-13-31(23-5-10-29(41)11-6-23)26(17-27)19-40(3)35(43)33(25)38-28-8-4-24-14-15-37-34(42)32(24)18-28;3-2(4,5)1(6)7/h4-18,22,33,38,41H,19-20H2,1-3H3,(H,37,42)(H,39,44);(H,6,7)/t22-,33+;/m0./s1. The number of aromatic hydroxyl groups is 1. The van der Waals surface area contributed by atoms with Crippen molar-refractivity contribution in [2.75, 3.05) is 24.3 Å². The summed E-state index contributed by atoms with van der Waals surface area (Å²) in [6.07, 6.45) is -4.03. The van der Waals surface area contributed by atoms with Gasteiger partial charge >= 0.3 is 18.2 Å². The Labute approximate surface area is 295 Å². The highest BCUT2D eigenvalue weighted by Crippen LogP contribution is 2.32. The second-order valence-electron chi connectivity index (χ2n) is 12.3. The Bertz CT molecular complexity index is 2190. The van der Waals surface area contributed by atoms with Crippen LogP contribution in [0.3, 0.4) is 0 Å². The van der Waals surface area contributed by atoms with Gasteiger partial charge in [0.2, 0.25) is 5.91 Å². The monoisotopic (exact) mass is 716 g/mol. The van der Waals surface area contributed by atoms with E-state index in [2.05, 4.69) is 15.6 Å². The lowest BCUT2D eigenvalue weighted by atomic mass is 9.92. The molecule has 2 aliphatic heterocycles. The molecule has 0 radical (unpaired) electrons.